The molecule has 0 N–H and O–H groups in total. The first kappa shape index (κ1) is 31.3. The molecule has 55 heavy (non-hydrogen) atoms. The summed E-state index contributed by atoms with van der Waals surface area (Å²) in [5, 5.41) is 0. The van der Waals surface area contributed by atoms with Gasteiger partial charge in [-0.2, -0.15) is 0 Å². The van der Waals surface area contributed by atoms with Crippen molar-refractivity contribution in [1.82, 2.24) is 15.0 Å². The quantitative estimate of drug-likeness (QED) is 0.179. The van der Waals surface area contributed by atoms with Crippen LogP contribution in [0.5, 0.6) is 0 Å². The molecule has 0 unspecified atom stereocenters. The summed E-state index contributed by atoms with van der Waals surface area (Å²) in [5.74, 6) is 1.95. The Bertz CT molecular complexity index is 2810. The molecule has 0 aliphatic heterocycles. The lowest BCUT2D eigenvalue weighted by Gasteiger charge is -2.32. The van der Waals surface area contributed by atoms with E-state index in [9.17, 15) is 0 Å². The molecule has 11 rings (SSSR count). The van der Waals surface area contributed by atoms with Crippen LogP contribution in [-0.2, 0) is 5.41 Å². The highest BCUT2D eigenvalue weighted by Gasteiger charge is 2.52. The Morgan fingerprint density at radius 2 is 0.600 bits per heavy atom. The summed E-state index contributed by atoms with van der Waals surface area (Å²) in [5.41, 5.74) is 17.7. The van der Waals surface area contributed by atoms with Gasteiger partial charge in [0, 0.05) is 16.7 Å². The summed E-state index contributed by atoms with van der Waals surface area (Å²) in [6, 6.07) is 71.7. The van der Waals surface area contributed by atoms with Gasteiger partial charge in [0.05, 0.1) is 5.41 Å². The third kappa shape index (κ3) is 4.80. The lowest BCUT2D eigenvalue weighted by Crippen LogP contribution is -2.26. The van der Waals surface area contributed by atoms with E-state index in [0.29, 0.717) is 17.5 Å². The number of rotatable bonds is 5. The van der Waals surface area contributed by atoms with Crippen molar-refractivity contribution in [1.29, 1.82) is 0 Å². The minimum Gasteiger partial charge on any atom is -0.208 e. The molecule has 3 heteroatoms. The largest absolute Gasteiger partial charge is 0.208 e. The van der Waals surface area contributed by atoms with Crippen LogP contribution in [0.2, 0.25) is 0 Å². The maximum atomic E-state index is 5.01. The summed E-state index contributed by atoms with van der Waals surface area (Å²) in [7, 11) is 0. The van der Waals surface area contributed by atoms with E-state index in [1.807, 2.05) is 60.7 Å². The number of nitrogens with zero attached hydrogens (tertiary/aromatic N) is 3. The molecule has 0 atom stereocenters. The second-order valence-corrected chi connectivity index (χ2v) is 14.3. The fourth-order valence-electron chi connectivity index (χ4n) is 9.04. The summed E-state index contributed by atoms with van der Waals surface area (Å²) in [4.78, 5) is 14.9. The van der Waals surface area contributed by atoms with Crippen molar-refractivity contribution in [3.05, 3.63) is 222 Å². The van der Waals surface area contributed by atoms with E-state index in [2.05, 4.69) is 140 Å². The molecule has 0 saturated heterocycles. The van der Waals surface area contributed by atoms with Gasteiger partial charge in [0.15, 0.2) is 17.5 Å². The average molecular weight is 700 g/mol. The Hall–Kier alpha value is -7.23. The first-order valence-corrected chi connectivity index (χ1v) is 18.8. The van der Waals surface area contributed by atoms with Crippen LogP contribution in [0.1, 0.15) is 22.3 Å². The van der Waals surface area contributed by atoms with Crippen molar-refractivity contribution in [3.8, 4) is 78.7 Å². The van der Waals surface area contributed by atoms with Gasteiger partial charge in [0.1, 0.15) is 0 Å². The van der Waals surface area contributed by atoms with Gasteiger partial charge in [0.2, 0.25) is 0 Å². The van der Waals surface area contributed by atoms with Crippen LogP contribution >= 0.6 is 0 Å². The van der Waals surface area contributed by atoms with E-state index in [1.165, 1.54) is 55.6 Å². The number of hydrogen-bond acceptors (Lipinski definition) is 3. The fraction of sp³-hybridized carbons (Fsp3) is 0.0192. The predicted octanol–water partition coefficient (Wildman–Crippen LogP) is 12.6. The number of aromatic nitrogens is 3. The zero-order valence-corrected chi connectivity index (χ0v) is 29.9. The second-order valence-electron chi connectivity index (χ2n) is 14.3. The number of fused-ring (bicyclic) bond motifs is 10. The molecule has 0 bridgehead atoms. The van der Waals surface area contributed by atoms with Crippen LogP contribution < -0.4 is 0 Å². The van der Waals surface area contributed by atoms with Gasteiger partial charge in [-0.25, -0.2) is 15.0 Å². The van der Waals surface area contributed by atoms with Crippen LogP contribution in [0, 0.1) is 0 Å². The molecule has 1 heterocycles. The molecule has 0 radical (unpaired) electrons. The maximum Gasteiger partial charge on any atom is 0.164 e. The molecule has 2 aliphatic carbocycles. The van der Waals surface area contributed by atoms with Crippen molar-refractivity contribution in [2.24, 2.45) is 0 Å². The molecule has 0 saturated carbocycles. The molecule has 0 amide bonds. The fourth-order valence-corrected chi connectivity index (χ4v) is 9.04. The maximum absolute atomic E-state index is 5.01. The highest BCUT2D eigenvalue weighted by atomic mass is 15.0. The molecule has 0 fully saturated rings. The normalized spacial score (nSPS) is 12.9. The third-order valence-corrected chi connectivity index (χ3v) is 11.3. The van der Waals surface area contributed by atoms with Crippen LogP contribution in [0.3, 0.4) is 0 Å². The van der Waals surface area contributed by atoms with Gasteiger partial charge < -0.3 is 0 Å². The Morgan fingerprint density at radius 1 is 0.255 bits per heavy atom. The van der Waals surface area contributed by atoms with Crippen molar-refractivity contribution < 1.29 is 0 Å². The lowest BCUT2D eigenvalue weighted by atomic mass is 9.68. The van der Waals surface area contributed by atoms with Gasteiger partial charge in [-0.15, -0.1) is 0 Å². The molecule has 8 aromatic carbocycles. The van der Waals surface area contributed by atoms with E-state index in [0.717, 1.165) is 27.8 Å². The number of hydrogen-bond donors (Lipinski definition) is 0. The van der Waals surface area contributed by atoms with Crippen LogP contribution in [0.4, 0.5) is 0 Å². The van der Waals surface area contributed by atoms with Crippen molar-refractivity contribution >= 4 is 0 Å². The van der Waals surface area contributed by atoms with Gasteiger partial charge in [-0.1, -0.05) is 188 Å². The zero-order chi connectivity index (χ0) is 36.3. The minimum atomic E-state index is -0.419. The van der Waals surface area contributed by atoms with Crippen molar-refractivity contribution in [2.45, 2.75) is 5.41 Å². The molecule has 2 aliphatic rings. The van der Waals surface area contributed by atoms with Gasteiger partial charge in [-0.3, -0.25) is 0 Å². The highest BCUT2D eigenvalue weighted by Crippen LogP contribution is 2.64. The summed E-state index contributed by atoms with van der Waals surface area (Å²) in [6.07, 6.45) is 0. The van der Waals surface area contributed by atoms with Crippen LogP contribution in [0.25, 0.3) is 78.7 Å². The smallest absolute Gasteiger partial charge is 0.164 e. The minimum absolute atomic E-state index is 0.419. The Kier molecular flexibility index (Phi) is 7.08. The van der Waals surface area contributed by atoms with Crippen molar-refractivity contribution in [2.75, 3.05) is 0 Å². The van der Waals surface area contributed by atoms with E-state index in [4.69, 9.17) is 15.0 Å². The van der Waals surface area contributed by atoms with E-state index < -0.39 is 5.41 Å². The second kappa shape index (κ2) is 12.4. The first-order valence-electron chi connectivity index (χ1n) is 18.8. The topological polar surface area (TPSA) is 38.7 Å². The molecular formula is C52H33N3. The molecule has 3 nitrogen and oxygen atoms in total. The molecule has 9 aromatic rings. The summed E-state index contributed by atoms with van der Waals surface area (Å²) < 4.78 is 0. The lowest BCUT2D eigenvalue weighted by molar-refractivity contribution is 0.796. The molecule has 256 valence electrons. The molecule has 1 aromatic heterocycles. The SMILES string of the molecule is c1ccc(-c2nc(-c3ccccc3)nc(-c3cccc(-c4cccc(-c5cccc6c5C5(c7ccccc7-c7ccccc75)c5ccccc5-6)c4)c3)n2)cc1. The summed E-state index contributed by atoms with van der Waals surface area (Å²) in [6.45, 7) is 0. The Labute approximate surface area is 320 Å². The highest BCUT2D eigenvalue weighted by molar-refractivity contribution is 5.99. The Balaban J connectivity index is 1.07. The summed E-state index contributed by atoms with van der Waals surface area (Å²) >= 11 is 0. The van der Waals surface area contributed by atoms with Crippen LogP contribution in [-0.4, -0.2) is 15.0 Å². The monoisotopic (exact) mass is 699 g/mol. The van der Waals surface area contributed by atoms with Crippen molar-refractivity contribution in [3.63, 3.8) is 0 Å². The third-order valence-electron chi connectivity index (χ3n) is 11.3. The van der Waals surface area contributed by atoms with E-state index in [1.54, 1.807) is 0 Å². The van der Waals surface area contributed by atoms with Gasteiger partial charge in [-0.05, 0) is 78.9 Å². The average Bonchev–Trinajstić information content (AvgIpc) is 3.74. The molecular weight excluding hydrogens is 667 g/mol. The standard InChI is InChI=1S/C52H33N3/c1-3-16-34(17-4-1)49-53-50(35-18-5-2-6-19-35)55-51(54-49)39-23-14-21-37(33-39)36-20-13-22-38(32-36)40-27-15-28-44-43-26-9-12-31-47(43)52(48(40)44)45-29-10-7-24-41(45)42-25-8-11-30-46(42)52/h1-33H. The van der Waals surface area contributed by atoms with Crippen LogP contribution in [0.15, 0.2) is 200 Å². The Morgan fingerprint density at radius 3 is 1.15 bits per heavy atom. The first-order chi connectivity index (χ1) is 27.3. The predicted molar refractivity (Wildman–Crippen MR) is 223 cm³/mol. The van der Waals surface area contributed by atoms with E-state index >= 15 is 0 Å². The molecule has 1 spiro atoms. The van der Waals surface area contributed by atoms with Gasteiger partial charge >= 0.3 is 0 Å². The number of benzene rings is 8. The zero-order valence-electron chi connectivity index (χ0n) is 29.9. The van der Waals surface area contributed by atoms with Gasteiger partial charge in [0.25, 0.3) is 0 Å². The van der Waals surface area contributed by atoms with E-state index in [-0.39, 0.29) is 0 Å².